The fourth-order valence-corrected chi connectivity index (χ4v) is 0.931. The van der Waals surface area contributed by atoms with Gasteiger partial charge in [0.25, 0.3) is 0 Å². The van der Waals surface area contributed by atoms with Crippen molar-refractivity contribution in [3.05, 3.63) is 23.9 Å². The number of pyridine rings is 1. The molecule has 0 aliphatic rings. The Bertz CT molecular complexity index is 326. The van der Waals surface area contributed by atoms with E-state index in [4.69, 9.17) is 15.9 Å². The van der Waals surface area contributed by atoms with E-state index in [-0.39, 0.29) is 13.2 Å². The minimum atomic E-state index is -0.831. The second-order valence-electron chi connectivity index (χ2n) is 3.01. The average Bonchev–Trinajstić information content (AvgIpc) is 2.26. The summed E-state index contributed by atoms with van der Waals surface area (Å²) in [5.74, 6) is -0.0306. The monoisotopic (exact) mass is 211 g/mol. The second-order valence-corrected chi connectivity index (χ2v) is 3.01. The molecule has 1 amide bonds. The highest BCUT2D eigenvalue weighted by Gasteiger charge is 2.03. The molecule has 1 unspecified atom stereocenters. The maximum absolute atomic E-state index is 10.7. The number of rotatable bonds is 5. The van der Waals surface area contributed by atoms with E-state index in [2.05, 4.69) is 10.3 Å². The molecule has 0 radical (unpaired) electrons. The van der Waals surface area contributed by atoms with Crippen molar-refractivity contribution >= 4 is 11.7 Å². The molecule has 1 aromatic heterocycles. The average molecular weight is 211 g/mol. The molecule has 15 heavy (non-hydrogen) atoms. The first-order chi connectivity index (χ1) is 7.13. The zero-order valence-corrected chi connectivity index (χ0v) is 8.05. The summed E-state index contributed by atoms with van der Waals surface area (Å²) in [6.45, 7) is -0.119. The SMILES string of the molecule is NC(=O)c1ccc(NCC(O)CO)nc1. The summed E-state index contributed by atoms with van der Waals surface area (Å²) in [5, 5.41) is 20.4. The number of nitrogens with one attached hydrogen (secondary N) is 1. The quantitative estimate of drug-likeness (QED) is 0.496. The molecule has 1 aromatic rings. The minimum absolute atomic E-state index is 0.194. The van der Waals surface area contributed by atoms with E-state index in [0.29, 0.717) is 11.4 Å². The third-order valence-corrected chi connectivity index (χ3v) is 1.78. The fraction of sp³-hybridized carbons (Fsp3) is 0.333. The summed E-state index contributed by atoms with van der Waals surface area (Å²) in [4.78, 5) is 14.6. The van der Waals surface area contributed by atoms with Crippen LogP contribution >= 0.6 is 0 Å². The molecule has 0 aromatic carbocycles. The molecule has 0 saturated carbocycles. The number of primary amides is 1. The molecule has 1 atom stereocenters. The van der Waals surface area contributed by atoms with Gasteiger partial charge in [-0.05, 0) is 12.1 Å². The number of carbonyl (C=O) groups is 1. The van der Waals surface area contributed by atoms with Crippen LogP contribution < -0.4 is 11.1 Å². The van der Waals surface area contributed by atoms with E-state index >= 15 is 0 Å². The molecule has 5 N–H and O–H groups in total. The van der Waals surface area contributed by atoms with E-state index in [9.17, 15) is 4.79 Å². The highest BCUT2D eigenvalue weighted by molar-refractivity contribution is 5.92. The van der Waals surface area contributed by atoms with Gasteiger partial charge < -0.3 is 21.3 Å². The maximum Gasteiger partial charge on any atom is 0.250 e. The van der Waals surface area contributed by atoms with Crippen LogP contribution in [0.2, 0.25) is 0 Å². The van der Waals surface area contributed by atoms with Gasteiger partial charge in [0.1, 0.15) is 5.82 Å². The molecule has 6 nitrogen and oxygen atoms in total. The molecule has 82 valence electrons. The Morgan fingerprint density at radius 1 is 1.60 bits per heavy atom. The highest BCUT2D eigenvalue weighted by Crippen LogP contribution is 2.04. The van der Waals surface area contributed by atoms with E-state index in [1.807, 2.05) is 0 Å². The van der Waals surface area contributed by atoms with Crippen LogP contribution in [0.1, 0.15) is 10.4 Å². The molecule has 0 fully saturated rings. The van der Waals surface area contributed by atoms with Crippen LogP contribution in [0.4, 0.5) is 5.82 Å². The number of anilines is 1. The number of carbonyl (C=O) groups excluding carboxylic acids is 1. The van der Waals surface area contributed by atoms with Gasteiger partial charge in [0.05, 0.1) is 18.3 Å². The molecular weight excluding hydrogens is 198 g/mol. The zero-order chi connectivity index (χ0) is 11.3. The third kappa shape index (κ3) is 3.53. The smallest absolute Gasteiger partial charge is 0.250 e. The van der Waals surface area contributed by atoms with Crippen molar-refractivity contribution < 1.29 is 15.0 Å². The maximum atomic E-state index is 10.7. The number of hydrogen-bond donors (Lipinski definition) is 4. The number of hydrogen-bond acceptors (Lipinski definition) is 5. The van der Waals surface area contributed by atoms with Crippen molar-refractivity contribution in [2.75, 3.05) is 18.5 Å². The fourth-order valence-electron chi connectivity index (χ4n) is 0.931. The highest BCUT2D eigenvalue weighted by atomic mass is 16.3. The van der Waals surface area contributed by atoms with Crippen molar-refractivity contribution in [3.8, 4) is 0 Å². The lowest BCUT2D eigenvalue weighted by molar-refractivity contribution is 0.1000. The van der Waals surface area contributed by atoms with Gasteiger partial charge >= 0.3 is 0 Å². The number of aromatic nitrogens is 1. The van der Waals surface area contributed by atoms with Gasteiger partial charge in [0, 0.05) is 12.7 Å². The second kappa shape index (κ2) is 5.28. The van der Waals surface area contributed by atoms with Crippen molar-refractivity contribution in [2.24, 2.45) is 5.73 Å². The molecule has 1 rings (SSSR count). The summed E-state index contributed by atoms with van der Waals surface area (Å²) in [6, 6.07) is 3.10. The Hall–Kier alpha value is -1.66. The molecule has 1 heterocycles. The number of nitrogens with two attached hydrogens (primary N) is 1. The number of aliphatic hydroxyl groups excluding tert-OH is 2. The van der Waals surface area contributed by atoms with Gasteiger partial charge in [-0.15, -0.1) is 0 Å². The van der Waals surface area contributed by atoms with Crippen LogP contribution in [0.25, 0.3) is 0 Å². The lowest BCUT2D eigenvalue weighted by Crippen LogP contribution is -2.23. The van der Waals surface area contributed by atoms with Crippen molar-refractivity contribution in [3.63, 3.8) is 0 Å². The first kappa shape index (κ1) is 11.4. The van der Waals surface area contributed by atoms with Gasteiger partial charge in [-0.2, -0.15) is 0 Å². The third-order valence-electron chi connectivity index (χ3n) is 1.78. The summed E-state index contributed by atoms with van der Waals surface area (Å²) in [5.41, 5.74) is 5.36. The Morgan fingerprint density at radius 2 is 2.33 bits per heavy atom. The minimum Gasteiger partial charge on any atom is -0.394 e. The van der Waals surface area contributed by atoms with E-state index < -0.39 is 12.0 Å². The Labute approximate surface area is 86.8 Å². The van der Waals surface area contributed by atoms with Crippen LogP contribution in [-0.2, 0) is 0 Å². The predicted octanol–water partition coefficient (Wildman–Crippen LogP) is -1.05. The summed E-state index contributed by atoms with van der Waals surface area (Å²) >= 11 is 0. The molecule has 0 aliphatic heterocycles. The van der Waals surface area contributed by atoms with E-state index in [1.54, 1.807) is 6.07 Å². The molecular formula is C9H13N3O3. The van der Waals surface area contributed by atoms with Crippen molar-refractivity contribution in [1.82, 2.24) is 4.98 Å². The van der Waals surface area contributed by atoms with Crippen molar-refractivity contribution in [1.29, 1.82) is 0 Å². The molecule has 0 saturated heterocycles. The molecule has 0 bridgehead atoms. The Morgan fingerprint density at radius 3 is 2.80 bits per heavy atom. The topological polar surface area (TPSA) is 108 Å². The summed E-state index contributed by atoms with van der Waals surface area (Å²) in [7, 11) is 0. The predicted molar refractivity (Wildman–Crippen MR) is 54.3 cm³/mol. The first-order valence-electron chi connectivity index (χ1n) is 4.42. The number of nitrogens with zero attached hydrogens (tertiary/aromatic N) is 1. The first-order valence-corrected chi connectivity index (χ1v) is 4.42. The lowest BCUT2D eigenvalue weighted by atomic mass is 10.3. The van der Waals surface area contributed by atoms with Gasteiger partial charge in [0.15, 0.2) is 0 Å². The standard InChI is InChI=1S/C9H13N3O3/c10-9(15)6-1-2-8(11-3-6)12-4-7(14)5-13/h1-3,7,13-14H,4-5H2,(H2,10,15)(H,11,12). The molecule has 6 heteroatoms. The van der Waals surface area contributed by atoms with Crippen molar-refractivity contribution in [2.45, 2.75) is 6.10 Å². The van der Waals surface area contributed by atoms with Gasteiger partial charge in [-0.3, -0.25) is 4.79 Å². The molecule has 0 aliphatic carbocycles. The van der Waals surface area contributed by atoms with Crippen LogP contribution in [0.3, 0.4) is 0 Å². The van der Waals surface area contributed by atoms with E-state index in [0.717, 1.165) is 0 Å². The Kier molecular flexibility index (Phi) is 4.02. The van der Waals surface area contributed by atoms with Crippen LogP contribution in [-0.4, -0.2) is 40.4 Å². The summed E-state index contributed by atoms with van der Waals surface area (Å²) < 4.78 is 0. The van der Waals surface area contributed by atoms with Crippen LogP contribution in [0.5, 0.6) is 0 Å². The number of aliphatic hydroxyl groups is 2. The van der Waals surface area contributed by atoms with Gasteiger partial charge in [0.2, 0.25) is 5.91 Å². The normalized spacial score (nSPS) is 12.1. The molecule has 0 spiro atoms. The number of amides is 1. The largest absolute Gasteiger partial charge is 0.394 e. The van der Waals surface area contributed by atoms with Gasteiger partial charge in [-0.25, -0.2) is 4.98 Å². The van der Waals surface area contributed by atoms with E-state index in [1.165, 1.54) is 12.3 Å². The Balaban J connectivity index is 2.53. The lowest BCUT2D eigenvalue weighted by Gasteiger charge is -2.09. The van der Waals surface area contributed by atoms with Gasteiger partial charge in [-0.1, -0.05) is 0 Å². The zero-order valence-electron chi connectivity index (χ0n) is 8.05. The van der Waals surface area contributed by atoms with Crippen LogP contribution in [0.15, 0.2) is 18.3 Å². The summed E-state index contributed by atoms with van der Waals surface area (Å²) in [6.07, 6.45) is 0.512. The van der Waals surface area contributed by atoms with Crippen LogP contribution in [0, 0.1) is 0 Å².